The topological polar surface area (TPSA) is 56.9 Å². The van der Waals surface area contributed by atoms with Crippen LogP contribution in [0.4, 0.5) is 13.2 Å². The van der Waals surface area contributed by atoms with Gasteiger partial charge in [0.15, 0.2) is 0 Å². The van der Waals surface area contributed by atoms with Gasteiger partial charge >= 0.3 is 0 Å². The van der Waals surface area contributed by atoms with Gasteiger partial charge in [0.25, 0.3) is 0 Å². The van der Waals surface area contributed by atoms with Crippen LogP contribution in [-0.4, -0.2) is 30.0 Å². The van der Waals surface area contributed by atoms with Gasteiger partial charge in [-0.3, -0.25) is 4.79 Å². The Morgan fingerprint density at radius 3 is 2.48 bits per heavy atom. The molecule has 3 aromatic rings. The number of hydrogen-bond donors (Lipinski definition) is 3. The molecule has 0 unspecified atom stereocenters. The van der Waals surface area contributed by atoms with Gasteiger partial charge in [0.2, 0.25) is 5.91 Å². The molecule has 3 N–H and O–H groups in total. The molecule has 2 aliphatic carbocycles. The van der Waals surface area contributed by atoms with Crippen molar-refractivity contribution in [3.05, 3.63) is 59.4 Å². The number of aromatic amines is 1. The Morgan fingerprint density at radius 2 is 1.77 bits per heavy atom. The highest BCUT2D eigenvalue weighted by atomic mass is 19.1. The molecule has 2 aromatic carbocycles. The zero-order valence-electron chi connectivity index (χ0n) is 17.0. The smallest absolute Gasteiger partial charge is 0.234 e. The number of aromatic nitrogens is 1. The Kier molecular flexibility index (Phi) is 5.22. The van der Waals surface area contributed by atoms with E-state index in [1.54, 1.807) is 12.1 Å². The third kappa shape index (κ3) is 4.19. The molecule has 0 spiro atoms. The molecule has 1 aromatic heterocycles. The zero-order valence-corrected chi connectivity index (χ0v) is 17.0. The summed E-state index contributed by atoms with van der Waals surface area (Å²) in [6.07, 6.45) is 3.85. The van der Waals surface area contributed by atoms with Gasteiger partial charge in [-0.25, -0.2) is 13.2 Å². The maximum atomic E-state index is 14.4. The Labute approximate surface area is 178 Å². The number of fused-ring (bicyclic) bond motifs is 1. The van der Waals surface area contributed by atoms with Crippen LogP contribution < -0.4 is 10.6 Å². The highest BCUT2D eigenvalue weighted by Gasteiger charge is 2.34. The van der Waals surface area contributed by atoms with Gasteiger partial charge in [-0.2, -0.15) is 0 Å². The maximum absolute atomic E-state index is 14.4. The van der Waals surface area contributed by atoms with Crippen molar-refractivity contribution in [2.24, 2.45) is 5.92 Å². The van der Waals surface area contributed by atoms with E-state index in [1.807, 2.05) is 0 Å². The molecule has 7 heteroatoms. The van der Waals surface area contributed by atoms with Crippen LogP contribution in [0.3, 0.4) is 0 Å². The van der Waals surface area contributed by atoms with E-state index < -0.39 is 11.6 Å². The van der Waals surface area contributed by atoms with E-state index in [1.165, 1.54) is 18.2 Å². The fraction of sp³-hybridized carbons (Fsp3) is 0.375. The molecule has 0 saturated heterocycles. The van der Waals surface area contributed by atoms with Crippen molar-refractivity contribution in [2.45, 2.75) is 37.6 Å². The maximum Gasteiger partial charge on any atom is 0.234 e. The highest BCUT2D eigenvalue weighted by Crippen LogP contribution is 2.48. The third-order valence-corrected chi connectivity index (χ3v) is 6.30. The second kappa shape index (κ2) is 8.04. The number of carbonyl (C=O) groups is 1. The van der Waals surface area contributed by atoms with Gasteiger partial charge in [-0.05, 0) is 85.5 Å². The molecule has 0 aliphatic heterocycles. The van der Waals surface area contributed by atoms with Crippen LogP contribution in [0.2, 0.25) is 0 Å². The number of halogens is 3. The lowest BCUT2D eigenvalue weighted by atomic mass is 9.70. The van der Waals surface area contributed by atoms with Gasteiger partial charge in [-0.1, -0.05) is 0 Å². The van der Waals surface area contributed by atoms with Crippen molar-refractivity contribution in [1.29, 1.82) is 0 Å². The highest BCUT2D eigenvalue weighted by molar-refractivity contribution is 5.92. The SMILES string of the molecule is O=C(CNC[C@H]1C[C@H](c2c(-c3ccc(F)cc3)[nH]c3c(F)cc(F)cc32)C1)NC1CC1. The molecule has 162 valence electrons. The predicted molar refractivity (Wildman–Crippen MR) is 113 cm³/mol. The molecule has 2 fully saturated rings. The normalized spacial score (nSPS) is 20.6. The fourth-order valence-electron chi connectivity index (χ4n) is 4.54. The van der Waals surface area contributed by atoms with Crippen LogP contribution in [0, 0.1) is 23.4 Å². The lowest BCUT2D eigenvalue weighted by Crippen LogP contribution is -2.39. The minimum Gasteiger partial charge on any atom is -0.352 e. The second-order valence-electron chi connectivity index (χ2n) is 8.74. The minimum absolute atomic E-state index is 0.0274. The zero-order chi connectivity index (χ0) is 21.5. The monoisotopic (exact) mass is 427 g/mol. The van der Waals surface area contributed by atoms with Crippen molar-refractivity contribution >= 4 is 16.8 Å². The Morgan fingerprint density at radius 1 is 1.03 bits per heavy atom. The Hall–Kier alpha value is -2.80. The number of benzene rings is 2. The summed E-state index contributed by atoms with van der Waals surface area (Å²) < 4.78 is 41.8. The minimum atomic E-state index is -0.635. The summed E-state index contributed by atoms with van der Waals surface area (Å²) >= 11 is 0. The lowest BCUT2D eigenvalue weighted by molar-refractivity contribution is -0.120. The summed E-state index contributed by atoms with van der Waals surface area (Å²) in [6, 6.07) is 8.61. The number of rotatable bonds is 7. The van der Waals surface area contributed by atoms with E-state index in [0.29, 0.717) is 29.6 Å². The third-order valence-electron chi connectivity index (χ3n) is 6.30. The summed E-state index contributed by atoms with van der Waals surface area (Å²) in [7, 11) is 0. The van der Waals surface area contributed by atoms with E-state index >= 15 is 0 Å². The molecular weight excluding hydrogens is 403 g/mol. The number of carbonyl (C=O) groups excluding carboxylic acids is 1. The summed E-state index contributed by atoms with van der Waals surface area (Å²) in [6.45, 7) is 1.04. The lowest BCUT2D eigenvalue weighted by Gasteiger charge is -2.36. The molecular formula is C24H24F3N3O. The summed E-state index contributed by atoms with van der Waals surface area (Å²) in [5.41, 5.74) is 2.60. The van der Waals surface area contributed by atoms with E-state index in [2.05, 4.69) is 15.6 Å². The van der Waals surface area contributed by atoms with Crippen molar-refractivity contribution in [1.82, 2.24) is 15.6 Å². The van der Waals surface area contributed by atoms with Crippen LogP contribution in [0.15, 0.2) is 36.4 Å². The van der Waals surface area contributed by atoms with Gasteiger partial charge in [-0.15, -0.1) is 0 Å². The fourth-order valence-corrected chi connectivity index (χ4v) is 4.54. The van der Waals surface area contributed by atoms with Crippen molar-refractivity contribution in [3.63, 3.8) is 0 Å². The van der Waals surface area contributed by atoms with Crippen LogP contribution in [0.1, 0.15) is 37.2 Å². The van der Waals surface area contributed by atoms with Crippen LogP contribution in [0.25, 0.3) is 22.2 Å². The number of H-pyrrole nitrogens is 1. The average Bonchev–Trinajstić information content (AvgIpc) is 3.43. The first-order valence-electron chi connectivity index (χ1n) is 10.7. The van der Waals surface area contributed by atoms with Crippen LogP contribution in [-0.2, 0) is 4.79 Å². The van der Waals surface area contributed by atoms with E-state index in [9.17, 15) is 18.0 Å². The number of hydrogen-bond acceptors (Lipinski definition) is 2. The molecule has 0 bridgehead atoms. The molecule has 2 aliphatic rings. The number of nitrogens with one attached hydrogen (secondary N) is 3. The van der Waals surface area contributed by atoms with Crippen molar-refractivity contribution < 1.29 is 18.0 Å². The quantitative estimate of drug-likeness (QED) is 0.516. The van der Waals surface area contributed by atoms with Crippen LogP contribution in [0.5, 0.6) is 0 Å². The Bertz CT molecular complexity index is 1120. The second-order valence-corrected chi connectivity index (χ2v) is 8.74. The first-order valence-corrected chi connectivity index (χ1v) is 10.7. The van der Waals surface area contributed by atoms with Crippen LogP contribution >= 0.6 is 0 Å². The average molecular weight is 427 g/mol. The van der Waals surface area contributed by atoms with Gasteiger partial charge < -0.3 is 15.6 Å². The molecule has 2 saturated carbocycles. The molecule has 31 heavy (non-hydrogen) atoms. The number of amides is 1. The summed E-state index contributed by atoms with van der Waals surface area (Å²) in [4.78, 5) is 14.9. The molecule has 1 heterocycles. The standard InChI is InChI=1S/C24H24F3N3O/c25-16-3-1-14(2-4-16)23-22(19-9-17(26)10-20(27)24(19)30-23)15-7-13(8-15)11-28-12-21(31)29-18-5-6-18/h1-4,9-10,13,15,18,28,30H,5-8,11-12H2,(H,29,31)/t13-,15-. The molecule has 4 nitrogen and oxygen atoms in total. The summed E-state index contributed by atoms with van der Waals surface area (Å²) in [5.74, 6) is -1.04. The van der Waals surface area contributed by atoms with Crippen molar-refractivity contribution in [3.8, 4) is 11.3 Å². The molecule has 0 atom stereocenters. The van der Waals surface area contributed by atoms with Gasteiger partial charge in [0.05, 0.1) is 17.8 Å². The van der Waals surface area contributed by atoms with Gasteiger partial charge in [0.1, 0.15) is 17.5 Å². The van der Waals surface area contributed by atoms with E-state index in [4.69, 9.17) is 0 Å². The van der Waals surface area contributed by atoms with E-state index in [-0.39, 0.29) is 23.2 Å². The van der Waals surface area contributed by atoms with E-state index in [0.717, 1.165) is 49.4 Å². The van der Waals surface area contributed by atoms with Gasteiger partial charge in [0, 0.05) is 17.5 Å². The van der Waals surface area contributed by atoms with Crippen molar-refractivity contribution in [2.75, 3.05) is 13.1 Å². The summed E-state index contributed by atoms with van der Waals surface area (Å²) in [5, 5.41) is 6.70. The first-order chi connectivity index (χ1) is 15.0. The molecule has 1 amide bonds. The molecule has 0 radical (unpaired) electrons. The molecule has 5 rings (SSSR count). The Balaban J connectivity index is 1.33. The first kappa shape index (κ1) is 20.1. The predicted octanol–water partition coefficient (Wildman–Crippen LogP) is 4.61. The largest absolute Gasteiger partial charge is 0.352 e.